The van der Waals surface area contributed by atoms with Gasteiger partial charge in [-0.05, 0) is 46.3 Å². The Morgan fingerprint density at radius 1 is 1.24 bits per heavy atom. The molecule has 0 radical (unpaired) electrons. The van der Waals surface area contributed by atoms with Gasteiger partial charge in [-0.2, -0.15) is 0 Å². The summed E-state index contributed by atoms with van der Waals surface area (Å²) in [7, 11) is 1.52. The predicted molar refractivity (Wildman–Crippen MR) is 82.3 cm³/mol. The van der Waals surface area contributed by atoms with E-state index in [4.69, 9.17) is 9.52 Å². The van der Waals surface area contributed by atoms with Crippen LogP contribution in [0, 0.1) is 0 Å². The number of para-hydroxylation sites is 1. The van der Waals surface area contributed by atoms with Gasteiger partial charge in [-0.3, -0.25) is 4.79 Å². The first-order chi connectivity index (χ1) is 9.99. The van der Waals surface area contributed by atoms with E-state index in [-0.39, 0.29) is 11.5 Å². The van der Waals surface area contributed by atoms with Gasteiger partial charge in [-0.15, -0.1) is 0 Å². The van der Waals surface area contributed by atoms with E-state index in [1.165, 1.54) is 30.2 Å². The summed E-state index contributed by atoms with van der Waals surface area (Å²) in [6.45, 7) is 0. The number of nitrogens with zero attached hydrogens (tertiary/aromatic N) is 1. The fraction of sp³-hybridized carbons (Fsp3) is 0.0667. The summed E-state index contributed by atoms with van der Waals surface area (Å²) < 4.78 is 5.81. The molecule has 0 fully saturated rings. The van der Waals surface area contributed by atoms with Gasteiger partial charge in [0, 0.05) is 13.1 Å². The molecule has 0 saturated heterocycles. The molecule has 21 heavy (non-hydrogen) atoms. The molecule has 1 N–H and O–H groups in total. The van der Waals surface area contributed by atoms with Crippen LogP contribution in [0.25, 0.3) is 6.08 Å². The van der Waals surface area contributed by atoms with Gasteiger partial charge < -0.3 is 14.4 Å². The number of furan rings is 1. The zero-order valence-electron chi connectivity index (χ0n) is 11.1. The van der Waals surface area contributed by atoms with Crippen molar-refractivity contribution in [1.82, 2.24) is 0 Å². The van der Waals surface area contributed by atoms with Gasteiger partial charge in [-0.1, -0.05) is 12.1 Å². The predicted octanol–water partition coefficient (Wildman–Crippen LogP) is 3.42. The molecule has 1 aromatic carbocycles. The maximum absolute atomic E-state index is 12.1. The molecule has 108 valence electrons. The number of carboxylic acids is 1. The Bertz CT molecular complexity index is 705. The molecule has 0 bridgehead atoms. The third-order valence-electron chi connectivity index (χ3n) is 2.81. The van der Waals surface area contributed by atoms with E-state index in [1.807, 2.05) is 0 Å². The van der Waals surface area contributed by atoms with Crippen LogP contribution in [0.2, 0.25) is 0 Å². The van der Waals surface area contributed by atoms with E-state index in [2.05, 4.69) is 15.9 Å². The Morgan fingerprint density at radius 2 is 1.95 bits per heavy atom. The molecule has 5 nitrogen and oxygen atoms in total. The largest absolute Gasteiger partial charge is 0.478 e. The Kier molecular flexibility index (Phi) is 4.59. The average molecular weight is 350 g/mol. The van der Waals surface area contributed by atoms with Gasteiger partial charge in [0.15, 0.2) is 4.67 Å². The molecular weight excluding hydrogens is 338 g/mol. The highest BCUT2D eigenvalue weighted by atomic mass is 79.9. The highest BCUT2D eigenvalue weighted by Gasteiger charge is 2.16. The van der Waals surface area contributed by atoms with Crippen LogP contribution in [0.15, 0.2) is 51.6 Å². The van der Waals surface area contributed by atoms with Crippen molar-refractivity contribution >= 4 is 39.6 Å². The molecule has 1 heterocycles. The third-order valence-corrected chi connectivity index (χ3v) is 3.24. The lowest BCUT2D eigenvalue weighted by Gasteiger charge is -2.17. The third kappa shape index (κ3) is 3.61. The minimum atomic E-state index is -1.08. The van der Waals surface area contributed by atoms with E-state index in [0.717, 1.165) is 0 Å². The number of likely N-dealkylation sites (N-methyl/N-ethyl adjacent to an activating group) is 1. The number of amides is 1. The number of carbonyl (C=O) groups is 2. The Hall–Kier alpha value is -2.34. The van der Waals surface area contributed by atoms with Crippen molar-refractivity contribution < 1.29 is 19.1 Å². The van der Waals surface area contributed by atoms with Gasteiger partial charge in [0.2, 0.25) is 0 Å². The number of hydrogen-bond donors (Lipinski definition) is 1. The van der Waals surface area contributed by atoms with Crippen LogP contribution < -0.4 is 4.90 Å². The van der Waals surface area contributed by atoms with Gasteiger partial charge in [0.1, 0.15) is 5.76 Å². The highest BCUT2D eigenvalue weighted by molar-refractivity contribution is 9.10. The van der Waals surface area contributed by atoms with Crippen molar-refractivity contribution in [3.8, 4) is 0 Å². The molecule has 6 heteroatoms. The van der Waals surface area contributed by atoms with Gasteiger partial charge in [0.05, 0.1) is 11.3 Å². The first-order valence-electron chi connectivity index (χ1n) is 6.02. The molecule has 1 aromatic heterocycles. The number of rotatable bonds is 4. The minimum absolute atomic E-state index is 0.0718. The fourth-order valence-corrected chi connectivity index (χ4v) is 2.07. The molecule has 0 aliphatic carbocycles. The molecule has 2 rings (SSSR count). The summed E-state index contributed by atoms with van der Waals surface area (Å²) in [4.78, 5) is 24.5. The first-order valence-corrected chi connectivity index (χ1v) is 6.82. The quantitative estimate of drug-likeness (QED) is 0.858. The highest BCUT2D eigenvalue weighted by Crippen LogP contribution is 2.20. The van der Waals surface area contributed by atoms with Crippen LogP contribution in [-0.4, -0.2) is 24.0 Å². The van der Waals surface area contributed by atoms with Crippen molar-refractivity contribution in [1.29, 1.82) is 0 Å². The maximum Gasteiger partial charge on any atom is 0.337 e. The van der Waals surface area contributed by atoms with E-state index in [1.54, 1.807) is 30.3 Å². The summed E-state index contributed by atoms with van der Waals surface area (Å²) in [6.07, 6.45) is 2.84. The number of anilines is 1. The number of hydrogen-bond acceptors (Lipinski definition) is 3. The lowest BCUT2D eigenvalue weighted by Crippen LogP contribution is -2.25. The minimum Gasteiger partial charge on any atom is -0.478 e. The normalized spacial score (nSPS) is 10.8. The fourth-order valence-electron chi connectivity index (χ4n) is 1.75. The average Bonchev–Trinajstić information content (AvgIpc) is 2.89. The Morgan fingerprint density at radius 3 is 2.57 bits per heavy atom. The summed E-state index contributed by atoms with van der Waals surface area (Å²) in [5.41, 5.74) is 0.405. The van der Waals surface area contributed by atoms with Crippen LogP contribution in [0.3, 0.4) is 0 Å². The first kappa shape index (κ1) is 15.1. The second-order valence-electron chi connectivity index (χ2n) is 4.19. The van der Waals surface area contributed by atoms with E-state index in [0.29, 0.717) is 16.1 Å². The van der Waals surface area contributed by atoms with E-state index >= 15 is 0 Å². The second-order valence-corrected chi connectivity index (χ2v) is 4.98. The van der Waals surface area contributed by atoms with Crippen molar-refractivity contribution in [3.05, 3.63) is 58.5 Å². The van der Waals surface area contributed by atoms with Crippen molar-refractivity contribution in [3.63, 3.8) is 0 Å². The molecule has 0 aliphatic heterocycles. The number of halogens is 1. The summed E-state index contributed by atoms with van der Waals surface area (Å²) in [5.74, 6) is -0.907. The van der Waals surface area contributed by atoms with E-state index < -0.39 is 5.97 Å². The van der Waals surface area contributed by atoms with Crippen LogP contribution >= 0.6 is 15.9 Å². The standard InChI is InChI=1S/C15H12BrNO4/c1-17(12-5-3-2-4-11(12)15(19)20)14(18)9-7-10-6-8-13(16)21-10/h2-9H,1H3,(H,19,20)/b9-7+. The number of benzene rings is 1. The number of carboxylic acid groups (broad SMARTS) is 1. The van der Waals surface area contributed by atoms with Crippen molar-refractivity contribution in [2.75, 3.05) is 11.9 Å². The van der Waals surface area contributed by atoms with E-state index in [9.17, 15) is 9.59 Å². The molecule has 0 unspecified atom stereocenters. The SMILES string of the molecule is CN(C(=O)/C=C/c1ccc(Br)o1)c1ccccc1C(=O)O. The van der Waals surface area contributed by atoms with Crippen LogP contribution in [-0.2, 0) is 4.79 Å². The monoisotopic (exact) mass is 349 g/mol. The number of aromatic carboxylic acids is 1. The smallest absolute Gasteiger partial charge is 0.337 e. The maximum atomic E-state index is 12.1. The lowest BCUT2D eigenvalue weighted by atomic mass is 10.1. The topological polar surface area (TPSA) is 70.8 Å². The zero-order valence-corrected chi connectivity index (χ0v) is 12.7. The summed E-state index contributed by atoms with van der Waals surface area (Å²) in [6, 6.07) is 9.75. The molecular formula is C15H12BrNO4. The summed E-state index contributed by atoms with van der Waals surface area (Å²) >= 11 is 3.17. The molecule has 1 amide bonds. The van der Waals surface area contributed by atoms with Crippen molar-refractivity contribution in [2.45, 2.75) is 0 Å². The van der Waals surface area contributed by atoms with Gasteiger partial charge in [-0.25, -0.2) is 4.79 Å². The second kappa shape index (κ2) is 6.41. The summed E-state index contributed by atoms with van der Waals surface area (Å²) in [5, 5.41) is 9.13. The zero-order chi connectivity index (χ0) is 15.4. The Labute approximate surface area is 129 Å². The van der Waals surface area contributed by atoms with Gasteiger partial charge >= 0.3 is 5.97 Å². The van der Waals surface area contributed by atoms with Crippen LogP contribution in [0.5, 0.6) is 0 Å². The molecule has 0 atom stereocenters. The lowest BCUT2D eigenvalue weighted by molar-refractivity contribution is -0.113. The molecule has 0 aliphatic rings. The Balaban J connectivity index is 2.20. The van der Waals surface area contributed by atoms with Crippen LogP contribution in [0.1, 0.15) is 16.1 Å². The molecule has 2 aromatic rings. The van der Waals surface area contributed by atoms with Crippen LogP contribution in [0.4, 0.5) is 5.69 Å². The molecule has 0 spiro atoms. The van der Waals surface area contributed by atoms with Gasteiger partial charge in [0.25, 0.3) is 5.91 Å². The molecule has 0 saturated carbocycles. The number of carbonyl (C=O) groups excluding carboxylic acids is 1. The van der Waals surface area contributed by atoms with Crippen molar-refractivity contribution in [2.24, 2.45) is 0 Å².